The predicted molar refractivity (Wildman–Crippen MR) is 64.5 cm³/mol. The van der Waals surface area contributed by atoms with E-state index in [4.69, 9.17) is 13.9 Å². The first-order valence-corrected chi connectivity index (χ1v) is 5.79. The van der Waals surface area contributed by atoms with Crippen molar-refractivity contribution in [2.45, 2.75) is 26.2 Å². The highest BCUT2D eigenvalue weighted by atomic mass is 16.8. The summed E-state index contributed by atoms with van der Waals surface area (Å²) >= 11 is 0. The number of cyclic esters (lactones) is 1. The van der Waals surface area contributed by atoms with Crippen LogP contribution >= 0.6 is 0 Å². The van der Waals surface area contributed by atoms with Crippen LogP contribution in [-0.4, -0.2) is 29.6 Å². The number of esters is 1. The summed E-state index contributed by atoms with van der Waals surface area (Å²) < 4.78 is 15.3. The average molecular weight is 265 g/mol. The summed E-state index contributed by atoms with van der Waals surface area (Å²) in [5.74, 6) is -1.44. The molecule has 2 rings (SSSR count). The van der Waals surface area contributed by atoms with Crippen LogP contribution in [0.2, 0.25) is 0 Å². The largest absolute Gasteiger partial charge is 0.467 e. The first-order chi connectivity index (χ1) is 8.87. The molecule has 0 spiro atoms. The quantitative estimate of drug-likeness (QED) is 0.611. The van der Waals surface area contributed by atoms with Crippen LogP contribution in [0.1, 0.15) is 19.6 Å². The van der Waals surface area contributed by atoms with Gasteiger partial charge in [0.05, 0.1) is 18.9 Å². The van der Waals surface area contributed by atoms with Crippen LogP contribution in [-0.2, 0) is 25.6 Å². The Morgan fingerprint density at radius 2 is 2.16 bits per heavy atom. The number of amides is 1. The Morgan fingerprint density at radius 3 is 2.68 bits per heavy atom. The summed E-state index contributed by atoms with van der Waals surface area (Å²) in [6.07, 6.45) is 2.66. The SMILES string of the molecule is CN(Cc1ccco1)C(=O)/C=C1\OC(C)(C)OC1=O. The molecule has 1 saturated heterocycles. The zero-order chi connectivity index (χ0) is 14.0. The molecule has 0 bridgehead atoms. The highest BCUT2D eigenvalue weighted by Crippen LogP contribution is 2.26. The maximum absolute atomic E-state index is 11.9. The van der Waals surface area contributed by atoms with Gasteiger partial charge in [-0.15, -0.1) is 0 Å². The average Bonchev–Trinajstić information content (AvgIpc) is 2.87. The standard InChI is InChI=1S/C13H15NO5/c1-13(2)18-10(12(16)19-13)7-11(15)14(3)8-9-5-4-6-17-9/h4-7H,8H2,1-3H3/b10-7-. The second kappa shape index (κ2) is 4.79. The zero-order valence-corrected chi connectivity index (χ0v) is 11.0. The van der Waals surface area contributed by atoms with Gasteiger partial charge in [-0.2, -0.15) is 0 Å². The molecule has 0 atom stereocenters. The van der Waals surface area contributed by atoms with Crippen molar-refractivity contribution in [2.75, 3.05) is 7.05 Å². The van der Waals surface area contributed by atoms with Crippen LogP contribution in [0, 0.1) is 0 Å². The van der Waals surface area contributed by atoms with Gasteiger partial charge < -0.3 is 18.8 Å². The first-order valence-electron chi connectivity index (χ1n) is 5.79. The fourth-order valence-electron chi connectivity index (χ4n) is 1.63. The molecular formula is C13H15NO5. The van der Waals surface area contributed by atoms with E-state index in [0.717, 1.165) is 6.08 Å². The van der Waals surface area contributed by atoms with Crippen molar-refractivity contribution < 1.29 is 23.5 Å². The van der Waals surface area contributed by atoms with Gasteiger partial charge in [0.15, 0.2) is 0 Å². The first kappa shape index (κ1) is 13.2. The van der Waals surface area contributed by atoms with Crippen LogP contribution < -0.4 is 0 Å². The van der Waals surface area contributed by atoms with Crippen molar-refractivity contribution in [1.82, 2.24) is 4.90 Å². The van der Waals surface area contributed by atoms with E-state index in [-0.39, 0.29) is 11.7 Å². The predicted octanol–water partition coefficient (Wildman–Crippen LogP) is 1.43. The summed E-state index contributed by atoms with van der Waals surface area (Å²) in [6.45, 7) is 3.51. The third kappa shape index (κ3) is 3.15. The number of hydrogen-bond acceptors (Lipinski definition) is 5. The highest BCUT2D eigenvalue weighted by molar-refractivity contribution is 5.97. The van der Waals surface area contributed by atoms with Gasteiger partial charge >= 0.3 is 5.97 Å². The third-order valence-electron chi connectivity index (χ3n) is 2.50. The smallest absolute Gasteiger partial charge is 0.377 e. The van der Waals surface area contributed by atoms with Gasteiger partial charge in [0.25, 0.3) is 5.91 Å². The lowest BCUT2D eigenvalue weighted by Crippen LogP contribution is -2.24. The molecule has 0 unspecified atom stereocenters. The summed E-state index contributed by atoms with van der Waals surface area (Å²) in [5, 5.41) is 0. The minimum absolute atomic E-state index is 0.0821. The number of carbonyl (C=O) groups is 2. The van der Waals surface area contributed by atoms with E-state index in [1.165, 1.54) is 11.2 Å². The molecule has 1 amide bonds. The number of hydrogen-bond donors (Lipinski definition) is 0. The minimum atomic E-state index is -1.03. The number of likely N-dealkylation sites (N-methyl/N-ethyl adjacent to an activating group) is 1. The Balaban J connectivity index is 2.02. The molecule has 1 aromatic heterocycles. The van der Waals surface area contributed by atoms with Gasteiger partial charge in [-0.1, -0.05) is 0 Å². The highest BCUT2D eigenvalue weighted by Gasteiger charge is 2.37. The Kier molecular flexibility index (Phi) is 3.33. The van der Waals surface area contributed by atoms with Gasteiger partial charge in [-0.05, 0) is 12.1 Å². The second-order valence-corrected chi connectivity index (χ2v) is 4.67. The number of ether oxygens (including phenoxy) is 2. The van der Waals surface area contributed by atoms with E-state index < -0.39 is 11.8 Å². The molecular weight excluding hydrogens is 250 g/mol. The Morgan fingerprint density at radius 1 is 1.42 bits per heavy atom. The molecule has 2 heterocycles. The topological polar surface area (TPSA) is 69.0 Å². The van der Waals surface area contributed by atoms with E-state index in [9.17, 15) is 9.59 Å². The van der Waals surface area contributed by atoms with Gasteiger partial charge in [0.1, 0.15) is 5.76 Å². The molecule has 1 aromatic rings. The summed E-state index contributed by atoms with van der Waals surface area (Å²) in [7, 11) is 1.60. The van der Waals surface area contributed by atoms with Crippen molar-refractivity contribution in [2.24, 2.45) is 0 Å². The molecule has 0 aromatic carbocycles. The fraction of sp³-hybridized carbons (Fsp3) is 0.385. The Bertz CT molecular complexity index is 515. The van der Waals surface area contributed by atoms with Crippen molar-refractivity contribution in [3.63, 3.8) is 0 Å². The Hall–Kier alpha value is -2.24. The van der Waals surface area contributed by atoms with Gasteiger partial charge in [0, 0.05) is 20.9 Å². The Labute approximate surface area is 110 Å². The molecule has 1 aliphatic heterocycles. The van der Waals surface area contributed by atoms with E-state index in [0.29, 0.717) is 12.3 Å². The van der Waals surface area contributed by atoms with E-state index >= 15 is 0 Å². The van der Waals surface area contributed by atoms with Crippen molar-refractivity contribution in [3.05, 3.63) is 36.0 Å². The number of nitrogens with zero attached hydrogens (tertiary/aromatic N) is 1. The van der Waals surface area contributed by atoms with Crippen LogP contribution in [0.4, 0.5) is 0 Å². The molecule has 6 heteroatoms. The summed E-state index contributed by atoms with van der Waals surface area (Å²) in [4.78, 5) is 24.8. The molecule has 6 nitrogen and oxygen atoms in total. The van der Waals surface area contributed by atoms with Gasteiger partial charge in [-0.25, -0.2) is 4.79 Å². The zero-order valence-electron chi connectivity index (χ0n) is 11.0. The number of carbonyl (C=O) groups excluding carboxylic acids is 2. The molecule has 102 valence electrons. The lowest BCUT2D eigenvalue weighted by atomic mass is 10.3. The number of rotatable bonds is 3. The van der Waals surface area contributed by atoms with E-state index in [2.05, 4.69) is 0 Å². The molecule has 19 heavy (non-hydrogen) atoms. The molecule has 1 aliphatic rings. The van der Waals surface area contributed by atoms with Crippen LogP contribution in [0.5, 0.6) is 0 Å². The molecule has 0 N–H and O–H groups in total. The lowest BCUT2D eigenvalue weighted by Gasteiger charge is -2.15. The summed E-state index contributed by atoms with van der Waals surface area (Å²) in [5.41, 5.74) is 0. The number of furan rings is 1. The van der Waals surface area contributed by atoms with Crippen LogP contribution in [0.3, 0.4) is 0 Å². The minimum Gasteiger partial charge on any atom is -0.467 e. The van der Waals surface area contributed by atoms with Crippen molar-refractivity contribution in [1.29, 1.82) is 0 Å². The third-order valence-corrected chi connectivity index (χ3v) is 2.50. The van der Waals surface area contributed by atoms with Crippen LogP contribution in [0.25, 0.3) is 0 Å². The lowest BCUT2D eigenvalue weighted by molar-refractivity contribution is -0.159. The van der Waals surface area contributed by atoms with Crippen molar-refractivity contribution >= 4 is 11.9 Å². The van der Waals surface area contributed by atoms with E-state index in [1.807, 2.05) is 0 Å². The summed E-state index contributed by atoms with van der Waals surface area (Å²) in [6, 6.07) is 3.51. The monoisotopic (exact) mass is 265 g/mol. The van der Waals surface area contributed by atoms with E-state index in [1.54, 1.807) is 33.0 Å². The molecule has 0 radical (unpaired) electrons. The normalized spacial score (nSPS) is 19.1. The van der Waals surface area contributed by atoms with Gasteiger partial charge in [-0.3, -0.25) is 4.79 Å². The maximum Gasteiger partial charge on any atom is 0.377 e. The fourth-order valence-corrected chi connectivity index (χ4v) is 1.63. The van der Waals surface area contributed by atoms with Gasteiger partial charge in [0.2, 0.25) is 11.5 Å². The van der Waals surface area contributed by atoms with Crippen molar-refractivity contribution in [3.8, 4) is 0 Å². The van der Waals surface area contributed by atoms with Crippen LogP contribution in [0.15, 0.2) is 34.6 Å². The second-order valence-electron chi connectivity index (χ2n) is 4.67. The maximum atomic E-state index is 11.9. The molecule has 0 saturated carbocycles. The molecule has 0 aliphatic carbocycles. The molecule has 1 fully saturated rings.